The van der Waals surface area contributed by atoms with Gasteiger partial charge in [0.25, 0.3) is 0 Å². The van der Waals surface area contributed by atoms with Crippen molar-refractivity contribution in [3.8, 4) is 0 Å². The average molecular weight is 416 g/mol. The summed E-state index contributed by atoms with van der Waals surface area (Å²) in [6.07, 6.45) is 4.87. The Morgan fingerprint density at radius 1 is 1.06 bits per heavy atom. The molecule has 0 aliphatic heterocycles. The second-order valence-electron chi connectivity index (χ2n) is 7.07. The molecule has 1 N–H and O–H groups in total. The molecule has 0 radical (unpaired) electrons. The second-order valence-corrected chi connectivity index (χ2v) is 7.07. The molecule has 0 spiro atoms. The van der Waals surface area contributed by atoms with Gasteiger partial charge >= 0.3 is 5.97 Å². The van der Waals surface area contributed by atoms with Crippen molar-refractivity contribution in [1.29, 1.82) is 0 Å². The Hall–Kier alpha value is -3.80. The first-order valence-corrected chi connectivity index (χ1v) is 10.1. The van der Waals surface area contributed by atoms with Gasteiger partial charge in [-0.05, 0) is 49.8 Å². The van der Waals surface area contributed by atoms with Crippen molar-refractivity contribution in [1.82, 2.24) is 4.98 Å². The van der Waals surface area contributed by atoms with Gasteiger partial charge in [-0.2, -0.15) is 0 Å². The summed E-state index contributed by atoms with van der Waals surface area (Å²) >= 11 is 0. The number of nitrogens with one attached hydrogen (secondary N) is 1. The van der Waals surface area contributed by atoms with Crippen molar-refractivity contribution in [3.63, 3.8) is 0 Å². The first-order valence-electron chi connectivity index (χ1n) is 10.1. The molecule has 0 bridgehead atoms. The Bertz CT molecular complexity index is 1110. The highest BCUT2D eigenvalue weighted by Crippen LogP contribution is 2.17. The molecule has 1 heterocycles. The van der Waals surface area contributed by atoms with Gasteiger partial charge in [-0.15, -0.1) is 0 Å². The van der Waals surface area contributed by atoms with Crippen LogP contribution in [-0.2, 0) is 14.3 Å². The molecule has 6 heteroatoms. The third-order valence-electron chi connectivity index (χ3n) is 4.66. The van der Waals surface area contributed by atoms with E-state index in [1.807, 2.05) is 37.3 Å². The normalized spacial score (nSPS) is 11.9. The Morgan fingerprint density at radius 3 is 2.55 bits per heavy atom. The number of hydrogen-bond acceptors (Lipinski definition) is 5. The summed E-state index contributed by atoms with van der Waals surface area (Å²) in [7, 11) is 0. The van der Waals surface area contributed by atoms with Crippen molar-refractivity contribution in [2.75, 3.05) is 5.32 Å². The predicted molar refractivity (Wildman–Crippen MR) is 121 cm³/mol. The Balaban J connectivity index is 1.60. The summed E-state index contributed by atoms with van der Waals surface area (Å²) in [5.41, 5.74) is 2.58. The lowest BCUT2D eigenvalue weighted by Crippen LogP contribution is -2.23. The van der Waals surface area contributed by atoms with Crippen LogP contribution < -0.4 is 5.32 Å². The van der Waals surface area contributed by atoms with E-state index < -0.39 is 12.1 Å². The number of pyridine rings is 1. The number of aromatic nitrogens is 1. The van der Waals surface area contributed by atoms with Crippen molar-refractivity contribution >= 4 is 40.3 Å². The predicted octanol–water partition coefficient (Wildman–Crippen LogP) is 4.80. The van der Waals surface area contributed by atoms with E-state index in [1.165, 1.54) is 13.0 Å². The molecule has 0 unspecified atom stereocenters. The molecular formula is C25H24N2O4. The molecule has 0 saturated carbocycles. The third kappa shape index (κ3) is 5.85. The van der Waals surface area contributed by atoms with Crippen LogP contribution in [0.2, 0.25) is 0 Å². The number of nitrogens with zero attached hydrogens (tertiary/aromatic N) is 1. The molecule has 1 aromatic heterocycles. The van der Waals surface area contributed by atoms with Crippen molar-refractivity contribution in [2.45, 2.75) is 32.8 Å². The minimum absolute atomic E-state index is 0.0722. The number of rotatable bonds is 8. The molecule has 0 fully saturated rings. The van der Waals surface area contributed by atoms with Gasteiger partial charge in [0, 0.05) is 40.9 Å². The molecule has 0 aliphatic rings. The van der Waals surface area contributed by atoms with E-state index in [-0.39, 0.29) is 11.7 Å². The number of ketones is 1. The fourth-order valence-electron chi connectivity index (χ4n) is 3.09. The third-order valence-corrected chi connectivity index (χ3v) is 4.66. The number of carbonyl (C=O) groups excluding carboxylic acids is 3. The largest absolute Gasteiger partial charge is 0.451 e. The number of amides is 1. The highest BCUT2D eigenvalue weighted by Gasteiger charge is 2.18. The summed E-state index contributed by atoms with van der Waals surface area (Å²) < 4.78 is 5.26. The molecule has 2 aromatic carbocycles. The number of esters is 1. The topological polar surface area (TPSA) is 85.4 Å². The number of ether oxygens (including phenoxy) is 1. The second kappa shape index (κ2) is 10.3. The minimum atomic E-state index is -0.941. The van der Waals surface area contributed by atoms with Gasteiger partial charge in [0.1, 0.15) is 0 Å². The smallest absolute Gasteiger partial charge is 0.331 e. The van der Waals surface area contributed by atoms with E-state index in [2.05, 4.69) is 10.3 Å². The van der Waals surface area contributed by atoms with Crippen LogP contribution in [0, 0.1) is 0 Å². The number of carbonyl (C=O) groups is 3. The number of hydrogen-bond donors (Lipinski definition) is 1. The minimum Gasteiger partial charge on any atom is -0.451 e. The van der Waals surface area contributed by atoms with Crippen LogP contribution in [0.3, 0.4) is 0 Å². The van der Waals surface area contributed by atoms with Crippen LogP contribution in [-0.4, -0.2) is 28.7 Å². The van der Waals surface area contributed by atoms with Gasteiger partial charge in [-0.25, -0.2) is 4.79 Å². The van der Waals surface area contributed by atoms with Gasteiger partial charge < -0.3 is 10.1 Å². The summed E-state index contributed by atoms with van der Waals surface area (Å²) in [4.78, 5) is 40.8. The number of para-hydroxylation sites is 1. The summed E-state index contributed by atoms with van der Waals surface area (Å²) in [6, 6.07) is 16.0. The van der Waals surface area contributed by atoms with E-state index in [0.717, 1.165) is 22.9 Å². The lowest BCUT2D eigenvalue weighted by molar-refractivity contribution is -0.140. The van der Waals surface area contributed by atoms with E-state index >= 15 is 0 Å². The van der Waals surface area contributed by atoms with Crippen LogP contribution in [0.25, 0.3) is 17.0 Å². The highest BCUT2D eigenvalue weighted by molar-refractivity contribution is 6.02. The molecule has 1 amide bonds. The van der Waals surface area contributed by atoms with Crippen molar-refractivity contribution < 1.29 is 19.1 Å². The number of anilines is 1. The maximum atomic E-state index is 12.6. The van der Waals surface area contributed by atoms with E-state index in [9.17, 15) is 14.4 Å². The number of Topliss-reactive ketones (excluding diaryl/α,β-unsaturated/α-hetero) is 1. The lowest BCUT2D eigenvalue weighted by Gasteiger charge is -2.11. The van der Waals surface area contributed by atoms with E-state index in [0.29, 0.717) is 17.7 Å². The monoisotopic (exact) mass is 416 g/mol. The Kier molecular flexibility index (Phi) is 7.27. The molecule has 3 aromatic rings. The van der Waals surface area contributed by atoms with Crippen LogP contribution in [0.4, 0.5) is 5.69 Å². The van der Waals surface area contributed by atoms with Gasteiger partial charge in [-0.3, -0.25) is 14.6 Å². The SMILES string of the molecule is CCCC(=O)Nc1ccc(C(=O)[C@H](C)OC(=O)/C=C/c2cccc3cccnc23)cc1. The maximum Gasteiger partial charge on any atom is 0.331 e. The fraction of sp³-hybridized carbons (Fsp3) is 0.200. The van der Waals surface area contributed by atoms with Gasteiger partial charge in [0.2, 0.25) is 11.7 Å². The average Bonchev–Trinajstić information content (AvgIpc) is 2.77. The van der Waals surface area contributed by atoms with Crippen LogP contribution in [0.5, 0.6) is 0 Å². The van der Waals surface area contributed by atoms with Crippen LogP contribution in [0.1, 0.15) is 42.6 Å². The zero-order valence-corrected chi connectivity index (χ0v) is 17.5. The molecule has 0 saturated heterocycles. The molecular weight excluding hydrogens is 392 g/mol. The van der Waals surface area contributed by atoms with Gasteiger partial charge in [0.05, 0.1) is 5.52 Å². The molecule has 1 atom stereocenters. The quantitative estimate of drug-likeness (QED) is 0.324. The van der Waals surface area contributed by atoms with Crippen molar-refractivity contribution in [2.24, 2.45) is 0 Å². The molecule has 3 rings (SSSR count). The molecule has 158 valence electrons. The first-order chi connectivity index (χ1) is 15.0. The summed E-state index contributed by atoms with van der Waals surface area (Å²) in [5, 5.41) is 3.73. The van der Waals surface area contributed by atoms with Gasteiger partial charge in [-0.1, -0.05) is 31.2 Å². The molecule has 6 nitrogen and oxygen atoms in total. The number of fused-ring (bicyclic) bond motifs is 1. The van der Waals surface area contributed by atoms with Crippen molar-refractivity contribution in [3.05, 3.63) is 78.0 Å². The maximum absolute atomic E-state index is 12.6. The zero-order chi connectivity index (χ0) is 22.2. The lowest BCUT2D eigenvalue weighted by atomic mass is 10.1. The Morgan fingerprint density at radius 2 is 1.81 bits per heavy atom. The summed E-state index contributed by atoms with van der Waals surface area (Å²) in [6.45, 7) is 3.46. The standard InChI is InChI=1S/C25H24N2O4/c1-3-6-22(28)27-21-13-10-20(11-14-21)25(30)17(2)31-23(29)15-12-19-8-4-7-18-9-5-16-26-24(18)19/h4-5,7-17H,3,6H2,1-2H3,(H,27,28)/b15-12+/t17-/m0/s1. The van der Waals surface area contributed by atoms with E-state index in [4.69, 9.17) is 4.74 Å². The molecule has 31 heavy (non-hydrogen) atoms. The van der Waals surface area contributed by atoms with E-state index in [1.54, 1.807) is 36.5 Å². The fourth-order valence-corrected chi connectivity index (χ4v) is 3.09. The van der Waals surface area contributed by atoms with Crippen LogP contribution in [0.15, 0.2) is 66.9 Å². The first kappa shape index (κ1) is 21.9. The zero-order valence-electron chi connectivity index (χ0n) is 17.5. The molecule has 0 aliphatic carbocycles. The number of benzene rings is 2. The summed E-state index contributed by atoms with van der Waals surface area (Å²) in [5.74, 6) is -1.01. The van der Waals surface area contributed by atoms with Crippen LogP contribution >= 0.6 is 0 Å². The van der Waals surface area contributed by atoms with Gasteiger partial charge in [0.15, 0.2) is 6.10 Å². The Labute approximate surface area is 180 Å². The highest BCUT2D eigenvalue weighted by atomic mass is 16.5.